The zero-order chi connectivity index (χ0) is 12.5. The first-order chi connectivity index (χ1) is 7.34. The number of hydrogen-bond acceptors (Lipinski definition) is 5. The molecule has 0 fully saturated rings. The van der Waals surface area contributed by atoms with E-state index in [1.54, 1.807) is 0 Å². The Morgan fingerprint density at radius 3 is 1.94 bits per heavy atom. The molecule has 0 saturated carbocycles. The minimum atomic E-state index is -1.06. The van der Waals surface area contributed by atoms with Crippen molar-refractivity contribution in [3.63, 3.8) is 0 Å². The third-order valence-electron chi connectivity index (χ3n) is 1.77. The number of nitrogens with one attached hydrogen (secondary N) is 1. The molecular formula is C8H10N4O4. The van der Waals surface area contributed by atoms with Crippen molar-refractivity contribution in [2.45, 2.75) is 0 Å². The quantitative estimate of drug-likeness (QED) is 0.218. The van der Waals surface area contributed by atoms with Crippen LogP contribution in [-0.4, -0.2) is 27.3 Å². The number of amides is 2. The Hall–Kier alpha value is -2.64. The summed E-state index contributed by atoms with van der Waals surface area (Å²) in [7, 11) is 0. The normalized spacial score (nSPS) is 9.75. The molecule has 0 radical (unpaired) electrons. The van der Waals surface area contributed by atoms with Crippen LogP contribution in [-0.2, 0) is 0 Å². The average molecular weight is 226 g/mol. The van der Waals surface area contributed by atoms with E-state index >= 15 is 0 Å². The maximum atomic E-state index is 11.0. The van der Waals surface area contributed by atoms with Gasteiger partial charge in [0.2, 0.25) is 5.96 Å². The predicted molar refractivity (Wildman–Crippen MR) is 55.4 cm³/mol. The number of urea groups is 1. The molecule has 16 heavy (non-hydrogen) atoms. The molecule has 0 aromatic heterocycles. The highest BCUT2D eigenvalue weighted by atomic mass is 16.3. The SMILES string of the molecule is N=C(N)N(C(N)=O)c1cc(O)c(O)c(O)c1. The molecule has 0 saturated heterocycles. The summed E-state index contributed by atoms with van der Waals surface area (Å²) in [6, 6.07) is 0.805. The summed E-state index contributed by atoms with van der Waals surface area (Å²) in [5.41, 5.74) is 9.91. The van der Waals surface area contributed by atoms with Gasteiger partial charge in [0.1, 0.15) is 0 Å². The molecule has 2 amide bonds. The number of anilines is 1. The van der Waals surface area contributed by atoms with E-state index in [0.29, 0.717) is 4.90 Å². The lowest BCUT2D eigenvalue weighted by Crippen LogP contribution is -2.44. The zero-order valence-corrected chi connectivity index (χ0v) is 8.01. The van der Waals surface area contributed by atoms with Gasteiger partial charge in [0.25, 0.3) is 0 Å². The third kappa shape index (κ3) is 1.90. The summed E-state index contributed by atoms with van der Waals surface area (Å²) in [6.07, 6.45) is 0. The number of aromatic hydroxyl groups is 3. The van der Waals surface area contributed by atoms with Gasteiger partial charge in [-0.3, -0.25) is 5.41 Å². The Labute approximate surface area is 89.8 Å². The molecule has 1 aromatic carbocycles. The summed E-state index contributed by atoms with van der Waals surface area (Å²) >= 11 is 0. The van der Waals surface area contributed by atoms with Crippen LogP contribution in [0.2, 0.25) is 0 Å². The van der Waals surface area contributed by atoms with Crippen LogP contribution >= 0.6 is 0 Å². The summed E-state index contributed by atoms with van der Waals surface area (Å²) in [5.74, 6) is -2.75. The number of nitrogens with zero attached hydrogens (tertiary/aromatic N) is 1. The van der Waals surface area contributed by atoms with Gasteiger partial charge in [-0.15, -0.1) is 0 Å². The molecule has 0 aliphatic carbocycles. The van der Waals surface area contributed by atoms with Crippen LogP contribution in [0.1, 0.15) is 0 Å². The minimum absolute atomic E-state index is 0.132. The topological polar surface area (TPSA) is 157 Å². The number of nitrogens with two attached hydrogens (primary N) is 2. The van der Waals surface area contributed by atoms with E-state index in [1.165, 1.54) is 0 Å². The molecule has 8 heteroatoms. The van der Waals surface area contributed by atoms with Crippen LogP contribution in [0.3, 0.4) is 0 Å². The molecule has 8 N–H and O–H groups in total. The molecule has 86 valence electrons. The van der Waals surface area contributed by atoms with Crippen molar-refractivity contribution in [3.05, 3.63) is 12.1 Å². The van der Waals surface area contributed by atoms with E-state index in [0.717, 1.165) is 12.1 Å². The van der Waals surface area contributed by atoms with Crippen molar-refractivity contribution in [1.82, 2.24) is 0 Å². The average Bonchev–Trinajstić information content (AvgIpc) is 2.12. The van der Waals surface area contributed by atoms with Gasteiger partial charge in [0.15, 0.2) is 17.2 Å². The lowest BCUT2D eigenvalue weighted by Gasteiger charge is -2.18. The second-order valence-corrected chi connectivity index (χ2v) is 2.89. The number of carbonyl (C=O) groups is 1. The van der Waals surface area contributed by atoms with E-state index in [4.69, 9.17) is 22.0 Å². The van der Waals surface area contributed by atoms with Gasteiger partial charge < -0.3 is 26.8 Å². The van der Waals surface area contributed by atoms with E-state index in [-0.39, 0.29) is 5.69 Å². The maximum Gasteiger partial charge on any atom is 0.326 e. The van der Waals surface area contributed by atoms with Gasteiger partial charge in [0, 0.05) is 12.1 Å². The zero-order valence-electron chi connectivity index (χ0n) is 8.01. The van der Waals surface area contributed by atoms with Crippen LogP contribution in [0, 0.1) is 5.41 Å². The smallest absolute Gasteiger partial charge is 0.326 e. The van der Waals surface area contributed by atoms with Gasteiger partial charge in [-0.25, -0.2) is 9.69 Å². The molecule has 8 nitrogen and oxygen atoms in total. The summed E-state index contributed by atoms with van der Waals surface area (Å²) in [4.78, 5) is 11.5. The molecule has 0 bridgehead atoms. The fourth-order valence-corrected chi connectivity index (χ4v) is 1.10. The van der Waals surface area contributed by atoms with Crippen LogP contribution in [0.4, 0.5) is 10.5 Å². The predicted octanol–water partition coefficient (Wildman–Crippen LogP) is -0.418. The van der Waals surface area contributed by atoms with Gasteiger partial charge in [-0.2, -0.15) is 0 Å². The van der Waals surface area contributed by atoms with Crippen molar-refractivity contribution < 1.29 is 20.1 Å². The Balaban J connectivity index is 3.32. The van der Waals surface area contributed by atoms with Crippen LogP contribution in [0.5, 0.6) is 17.2 Å². The van der Waals surface area contributed by atoms with Crippen molar-refractivity contribution in [1.29, 1.82) is 5.41 Å². The number of guanidine groups is 1. The van der Waals surface area contributed by atoms with Gasteiger partial charge in [0.05, 0.1) is 5.69 Å². The fourth-order valence-electron chi connectivity index (χ4n) is 1.10. The van der Waals surface area contributed by atoms with E-state index in [1.807, 2.05) is 0 Å². The highest BCUT2D eigenvalue weighted by molar-refractivity contribution is 6.13. The standard InChI is InChI=1S/C8H10N4O4/c9-7(10)12(8(11)16)3-1-4(13)6(15)5(14)2-3/h1-2,13-15H,(H3,9,10)(H2,11,16). The molecule has 0 atom stereocenters. The third-order valence-corrected chi connectivity index (χ3v) is 1.77. The monoisotopic (exact) mass is 226 g/mol. The van der Waals surface area contributed by atoms with Crippen molar-refractivity contribution in [3.8, 4) is 17.2 Å². The lowest BCUT2D eigenvalue weighted by molar-refractivity contribution is 0.256. The molecule has 0 unspecified atom stereocenters. The molecule has 1 aromatic rings. The number of hydrogen-bond donors (Lipinski definition) is 6. The second-order valence-electron chi connectivity index (χ2n) is 2.89. The number of rotatable bonds is 1. The van der Waals surface area contributed by atoms with E-state index < -0.39 is 29.2 Å². The maximum absolute atomic E-state index is 11.0. The fraction of sp³-hybridized carbons (Fsp3) is 0. The lowest BCUT2D eigenvalue weighted by atomic mass is 10.2. The summed E-state index contributed by atoms with van der Waals surface area (Å²) in [5, 5.41) is 34.5. The van der Waals surface area contributed by atoms with Crippen molar-refractivity contribution in [2.24, 2.45) is 11.5 Å². The molecule has 0 aliphatic rings. The summed E-state index contributed by atoms with van der Waals surface area (Å²) in [6.45, 7) is 0. The Kier molecular flexibility index (Phi) is 2.75. The first-order valence-corrected chi connectivity index (χ1v) is 4.03. The molecule has 0 aliphatic heterocycles. The van der Waals surface area contributed by atoms with Gasteiger partial charge in [-0.05, 0) is 0 Å². The number of benzene rings is 1. The van der Waals surface area contributed by atoms with Crippen LogP contribution < -0.4 is 16.4 Å². The number of carbonyl (C=O) groups excluding carboxylic acids is 1. The van der Waals surface area contributed by atoms with Crippen LogP contribution in [0.25, 0.3) is 0 Å². The molecule has 1 rings (SSSR count). The number of phenolic OH excluding ortho intramolecular Hbond substituents is 3. The summed E-state index contributed by atoms with van der Waals surface area (Å²) < 4.78 is 0. The first-order valence-electron chi connectivity index (χ1n) is 4.03. The van der Waals surface area contributed by atoms with Crippen molar-refractivity contribution >= 4 is 17.7 Å². The number of primary amides is 1. The van der Waals surface area contributed by atoms with Crippen LogP contribution in [0.15, 0.2) is 12.1 Å². The van der Waals surface area contributed by atoms with Gasteiger partial charge >= 0.3 is 6.03 Å². The Morgan fingerprint density at radius 2 is 1.62 bits per heavy atom. The Bertz CT molecular complexity index is 422. The van der Waals surface area contributed by atoms with E-state index in [2.05, 4.69) is 0 Å². The molecule has 0 heterocycles. The Morgan fingerprint density at radius 1 is 1.19 bits per heavy atom. The second kappa shape index (κ2) is 3.85. The molecule has 0 spiro atoms. The van der Waals surface area contributed by atoms with Crippen molar-refractivity contribution in [2.75, 3.05) is 4.90 Å². The number of phenols is 3. The minimum Gasteiger partial charge on any atom is -0.504 e. The molecular weight excluding hydrogens is 216 g/mol. The highest BCUT2D eigenvalue weighted by Crippen LogP contribution is 2.38. The highest BCUT2D eigenvalue weighted by Gasteiger charge is 2.19. The largest absolute Gasteiger partial charge is 0.504 e. The first kappa shape index (κ1) is 11.4. The van der Waals surface area contributed by atoms with Gasteiger partial charge in [-0.1, -0.05) is 0 Å². The van der Waals surface area contributed by atoms with E-state index in [9.17, 15) is 15.0 Å².